The lowest BCUT2D eigenvalue weighted by atomic mass is 10.2. The molecule has 26 heavy (non-hydrogen) atoms. The molecule has 7 heteroatoms. The minimum Gasteiger partial charge on any atom is -0.465 e. The van der Waals surface area contributed by atoms with Crippen molar-refractivity contribution in [3.8, 4) is 11.5 Å². The van der Waals surface area contributed by atoms with E-state index in [1.54, 1.807) is 29.4 Å². The zero-order valence-electron chi connectivity index (χ0n) is 13.9. The minimum absolute atomic E-state index is 0.152. The lowest BCUT2D eigenvalue weighted by Gasteiger charge is -2.32. The fourth-order valence-electron chi connectivity index (χ4n) is 2.78. The van der Waals surface area contributed by atoms with Gasteiger partial charge in [0.2, 0.25) is 5.91 Å². The Labute approximate surface area is 149 Å². The number of hydrogen-bond acceptors (Lipinski definition) is 6. The maximum Gasteiger partial charge on any atom is 0.257 e. The number of nitrogens with zero attached hydrogens (tertiary/aromatic N) is 3. The fraction of sp³-hybridized carbons (Fsp3) is 0.211. The van der Waals surface area contributed by atoms with E-state index in [4.69, 9.17) is 13.7 Å². The number of amides is 1. The van der Waals surface area contributed by atoms with Gasteiger partial charge in [-0.1, -0.05) is 23.4 Å². The summed E-state index contributed by atoms with van der Waals surface area (Å²) in [5.74, 6) is 1.32. The van der Waals surface area contributed by atoms with Crippen LogP contribution in [0.15, 0.2) is 63.7 Å². The minimum atomic E-state index is -0.390. The van der Waals surface area contributed by atoms with Gasteiger partial charge in [0.05, 0.1) is 19.5 Å². The molecule has 0 saturated carbocycles. The van der Waals surface area contributed by atoms with Crippen molar-refractivity contribution in [3.05, 3.63) is 66.4 Å². The first-order valence-electron chi connectivity index (χ1n) is 8.30. The number of rotatable bonds is 4. The van der Waals surface area contributed by atoms with Gasteiger partial charge < -0.3 is 18.6 Å². The Morgan fingerprint density at radius 1 is 1.19 bits per heavy atom. The first-order valence-corrected chi connectivity index (χ1v) is 8.30. The van der Waals surface area contributed by atoms with Gasteiger partial charge in [-0.15, -0.1) is 0 Å². The molecule has 3 heterocycles. The van der Waals surface area contributed by atoms with E-state index in [9.17, 15) is 4.79 Å². The van der Waals surface area contributed by atoms with Crippen LogP contribution in [0.2, 0.25) is 0 Å². The van der Waals surface area contributed by atoms with Crippen LogP contribution in [-0.4, -0.2) is 40.7 Å². The summed E-state index contributed by atoms with van der Waals surface area (Å²) in [6, 6.07) is 12.7. The molecule has 1 aromatic carbocycles. The van der Waals surface area contributed by atoms with Gasteiger partial charge in [0.25, 0.3) is 5.89 Å². The van der Waals surface area contributed by atoms with Gasteiger partial charge in [-0.05, 0) is 30.3 Å². The third-order valence-electron chi connectivity index (χ3n) is 4.11. The fourth-order valence-corrected chi connectivity index (χ4v) is 2.78. The smallest absolute Gasteiger partial charge is 0.257 e. The Morgan fingerprint density at radius 3 is 2.88 bits per heavy atom. The summed E-state index contributed by atoms with van der Waals surface area (Å²) in [5.41, 5.74) is 0.832. The van der Waals surface area contributed by atoms with E-state index in [0.29, 0.717) is 37.2 Å². The zero-order valence-corrected chi connectivity index (χ0v) is 13.9. The molecule has 1 saturated heterocycles. The van der Waals surface area contributed by atoms with Crippen LogP contribution in [0.4, 0.5) is 0 Å². The first kappa shape index (κ1) is 16.3. The van der Waals surface area contributed by atoms with Crippen LogP contribution in [-0.2, 0) is 9.53 Å². The molecule has 2 aromatic heterocycles. The number of morpholine rings is 1. The molecule has 1 unspecified atom stereocenters. The monoisotopic (exact) mass is 351 g/mol. The lowest BCUT2D eigenvalue weighted by Crippen LogP contribution is -2.43. The molecule has 4 rings (SSSR count). The number of hydrogen-bond donors (Lipinski definition) is 0. The number of benzene rings is 1. The van der Waals surface area contributed by atoms with Crippen LogP contribution in [0.5, 0.6) is 0 Å². The van der Waals surface area contributed by atoms with Crippen LogP contribution in [0, 0.1) is 0 Å². The van der Waals surface area contributed by atoms with E-state index in [1.807, 2.05) is 30.3 Å². The summed E-state index contributed by atoms with van der Waals surface area (Å²) in [4.78, 5) is 18.7. The maximum absolute atomic E-state index is 12.6. The molecule has 7 nitrogen and oxygen atoms in total. The van der Waals surface area contributed by atoms with Crippen molar-refractivity contribution in [3.63, 3.8) is 0 Å². The summed E-state index contributed by atoms with van der Waals surface area (Å²) < 4.78 is 16.1. The number of aromatic nitrogens is 2. The van der Waals surface area contributed by atoms with Gasteiger partial charge in [0.15, 0.2) is 5.82 Å². The number of carbonyl (C=O) groups excluding carboxylic acids is 1. The van der Waals surface area contributed by atoms with Gasteiger partial charge in [0, 0.05) is 18.2 Å². The van der Waals surface area contributed by atoms with Crippen molar-refractivity contribution < 1.29 is 18.5 Å². The molecule has 132 valence electrons. The van der Waals surface area contributed by atoms with E-state index < -0.39 is 6.04 Å². The van der Waals surface area contributed by atoms with Crippen LogP contribution in [0.3, 0.4) is 0 Å². The molecule has 0 bridgehead atoms. The van der Waals surface area contributed by atoms with Crippen molar-refractivity contribution in [1.29, 1.82) is 0 Å². The molecule has 3 aromatic rings. The second-order valence-electron chi connectivity index (χ2n) is 5.79. The van der Waals surface area contributed by atoms with Gasteiger partial charge in [-0.3, -0.25) is 4.79 Å². The quantitative estimate of drug-likeness (QED) is 0.672. The number of carbonyl (C=O) groups is 1. The summed E-state index contributed by atoms with van der Waals surface area (Å²) in [6.45, 7) is 1.26. The van der Waals surface area contributed by atoms with Gasteiger partial charge >= 0.3 is 0 Å². The molecular formula is C19H17N3O4. The van der Waals surface area contributed by atoms with E-state index in [2.05, 4.69) is 10.1 Å². The van der Waals surface area contributed by atoms with Crippen molar-refractivity contribution in [2.45, 2.75) is 6.04 Å². The molecule has 0 radical (unpaired) electrons. The third kappa shape index (κ3) is 3.43. The van der Waals surface area contributed by atoms with E-state index >= 15 is 0 Å². The predicted octanol–water partition coefficient (Wildman–Crippen LogP) is 2.94. The van der Waals surface area contributed by atoms with Crippen LogP contribution in [0.25, 0.3) is 17.5 Å². The zero-order chi connectivity index (χ0) is 17.8. The summed E-state index contributed by atoms with van der Waals surface area (Å²) >= 11 is 0. The Balaban J connectivity index is 1.54. The van der Waals surface area contributed by atoms with Gasteiger partial charge in [-0.2, -0.15) is 4.98 Å². The number of furan rings is 1. The van der Waals surface area contributed by atoms with Gasteiger partial charge in [0.1, 0.15) is 11.8 Å². The summed E-state index contributed by atoms with van der Waals surface area (Å²) in [6.07, 6.45) is 4.68. The molecule has 1 aliphatic heterocycles. The van der Waals surface area contributed by atoms with Crippen LogP contribution in [0.1, 0.15) is 17.6 Å². The molecule has 0 N–H and O–H groups in total. The molecule has 1 fully saturated rings. The third-order valence-corrected chi connectivity index (χ3v) is 4.11. The standard InChI is InChI=1S/C19H17N3O4/c23-17(9-8-15-7-4-11-25-15)22-10-12-24-13-16(22)18-20-19(26-21-18)14-5-2-1-3-6-14/h1-9,11,16H,10,12-13H2/b9-8+. The average Bonchev–Trinajstić information content (AvgIpc) is 3.39. The van der Waals surface area contributed by atoms with E-state index in [-0.39, 0.29) is 5.91 Å². The summed E-state index contributed by atoms with van der Waals surface area (Å²) in [7, 11) is 0. The number of ether oxygens (including phenoxy) is 1. The maximum atomic E-state index is 12.6. The van der Waals surface area contributed by atoms with Crippen molar-refractivity contribution >= 4 is 12.0 Å². The van der Waals surface area contributed by atoms with E-state index in [1.165, 1.54) is 6.08 Å². The molecule has 1 aliphatic rings. The summed E-state index contributed by atoms with van der Waals surface area (Å²) in [5, 5.41) is 4.06. The van der Waals surface area contributed by atoms with Crippen LogP contribution < -0.4 is 0 Å². The Hall–Kier alpha value is -3.19. The highest BCUT2D eigenvalue weighted by atomic mass is 16.5. The van der Waals surface area contributed by atoms with E-state index in [0.717, 1.165) is 5.56 Å². The highest BCUT2D eigenvalue weighted by molar-refractivity contribution is 5.91. The SMILES string of the molecule is O=C(/C=C/c1ccco1)N1CCOCC1c1noc(-c2ccccc2)n1. The Kier molecular flexibility index (Phi) is 4.61. The normalized spacial score (nSPS) is 17.7. The Morgan fingerprint density at radius 2 is 2.08 bits per heavy atom. The second kappa shape index (κ2) is 7.37. The lowest BCUT2D eigenvalue weighted by molar-refractivity contribution is -0.135. The molecule has 0 aliphatic carbocycles. The molecule has 0 spiro atoms. The van der Waals surface area contributed by atoms with Crippen LogP contribution >= 0.6 is 0 Å². The first-order chi connectivity index (χ1) is 12.8. The molecular weight excluding hydrogens is 334 g/mol. The Bertz CT molecular complexity index is 887. The van der Waals surface area contributed by atoms with Gasteiger partial charge in [-0.25, -0.2) is 0 Å². The molecule has 1 atom stereocenters. The topological polar surface area (TPSA) is 81.6 Å². The predicted molar refractivity (Wildman–Crippen MR) is 92.7 cm³/mol. The van der Waals surface area contributed by atoms with Crippen molar-refractivity contribution in [2.24, 2.45) is 0 Å². The largest absolute Gasteiger partial charge is 0.465 e. The highest BCUT2D eigenvalue weighted by Gasteiger charge is 2.31. The van der Waals surface area contributed by atoms with Crippen molar-refractivity contribution in [2.75, 3.05) is 19.8 Å². The highest BCUT2D eigenvalue weighted by Crippen LogP contribution is 2.25. The van der Waals surface area contributed by atoms with Crippen molar-refractivity contribution in [1.82, 2.24) is 15.0 Å². The average molecular weight is 351 g/mol. The molecule has 1 amide bonds. The second-order valence-corrected chi connectivity index (χ2v) is 5.79.